The monoisotopic (exact) mass is 242 g/mol. The van der Waals surface area contributed by atoms with Crippen LogP contribution in [-0.2, 0) is 0 Å². The minimum atomic E-state index is 0.949. The minimum absolute atomic E-state index is 0.949. The van der Waals surface area contributed by atoms with E-state index in [9.17, 15) is 0 Å². The van der Waals surface area contributed by atoms with Gasteiger partial charge in [0, 0.05) is 11.9 Å². The number of hydrogen-bond donors (Lipinski definition) is 0. The molecule has 0 aliphatic carbocycles. The van der Waals surface area contributed by atoms with Gasteiger partial charge in [0.25, 0.3) is 0 Å². The molecule has 0 aromatic rings. The van der Waals surface area contributed by atoms with Crippen LogP contribution in [0.3, 0.4) is 0 Å². The Balaban J connectivity index is -0.000000202. The predicted octanol–water partition coefficient (Wildman–Crippen LogP) is 5.72. The lowest BCUT2D eigenvalue weighted by Crippen LogP contribution is -1.88. The summed E-state index contributed by atoms with van der Waals surface area (Å²) < 4.78 is 0. The maximum absolute atomic E-state index is 3.85. The van der Waals surface area contributed by atoms with Crippen LogP contribution in [0.25, 0.3) is 0 Å². The van der Waals surface area contributed by atoms with Crippen molar-refractivity contribution in [2.75, 3.05) is 0 Å². The molecule has 0 aromatic heterocycles. The normalized spacial score (nSPS) is 12.4. The summed E-state index contributed by atoms with van der Waals surface area (Å²) >= 11 is 0. The third-order valence-electron chi connectivity index (χ3n) is 2.33. The van der Waals surface area contributed by atoms with Gasteiger partial charge in [-0.15, -0.1) is 0 Å². The molecule has 17 heavy (non-hydrogen) atoms. The quantitative estimate of drug-likeness (QED) is 0.435. The summed E-state index contributed by atoms with van der Waals surface area (Å²) in [5, 5.41) is 7.55. The highest BCUT2D eigenvalue weighted by Crippen LogP contribution is 2.07. The first-order chi connectivity index (χ1) is 8.12. The maximum Gasteiger partial charge on any atom is 0.0372 e. The number of nitrogens with zero attached hydrogens (tertiary/aromatic N) is 2. The van der Waals surface area contributed by atoms with Crippen LogP contribution in [0.1, 0.15) is 81.1 Å². The van der Waals surface area contributed by atoms with Crippen molar-refractivity contribution in [3.63, 3.8) is 0 Å². The van der Waals surface area contributed by atoms with Crippen LogP contribution in [0.15, 0.2) is 10.2 Å². The zero-order valence-corrected chi connectivity index (χ0v) is 13.4. The molecule has 0 spiro atoms. The van der Waals surface area contributed by atoms with E-state index in [1.54, 1.807) is 6.21 Å². The van der Waals surface area contributed by atoms with E-state index in [0.717, 1.165) is 18.1 Å². The molecule has 0 bridgehead atoms. The van der Waals surface area contributed by atoms with Gasteiger partial charge < -0.3 is 0 Å². The second kappa shape index (κ2) is 20.7. The summed E-state index contributed by atoms with van der Waals surface area (Å²) in [4.78, 5) is 0. The van der Waals surface area contributed by atoms with Crippen molar-refractivity contribution in [1.82, 2.24) is 0 Å². The zero-order chi connectivity index (χ0) is 14.1. The molecule has 0 amide bonds. The smallest absolute Gasteiger partial charge is 0.0372 e. The predicted molar refractivity (Wildman–Crippen MR) is 83.3 cm³/mol. The third kappa shape index (κ3) is 25.5. The van der Waals surface area contributed by atoms with E-state index in [1.807, 2.05) is 27.7 Å². The molecule has 1 atom stereocenters. The molecule has 0 saturated heterocycles. The molecule has 104 valence electrons. The van der Waals surface area contributed by atoms with E-state index in [1.165, 1.54) is 19.3 Å². The van der Waals surface area contributed by atoms with E-state index >= 15 is 0 Å². The van der Waals surface area contributed by atoms with Gasteiger partial charge in [-0.25, -0.2) is 0 Å². The molecule has 0 N–H and O–H groups in total. The molecular weight excluding hydrogens is 208 g/mol. The van der Waals surface area contributed by atoms with Crippen molar-refractivity contribution in [2.45, 2.75) is 81.1 Å². The summed E-state index contributed by atoms with van der Waals surface area (Å²) in [7, 11) is 0. The molecule has 2 nitrogen and oxygen atoms in total. The lowest BCUT2D eigenvalue weighted by Gasteiger charge is -2.02. The highest BCUT2D eigenvalue weighted by atomic mass is 15.2. The Hall–Kier alpha value is -0.660. The van der Waals surface area contributed by atoms with Gasteiger partial charge in [0.05, 0.1) is 0 Å². The van der Waals surface area contributed by atoms with Gasteiger partial charge in [0.15, 0.2) is 0 Å². The Bertz CT molecular complexity index is 172. The molecule has 0 aromatic carbocycles. The summed E-state index contributed by atoms with van der Waals surface area (Å²) in [5.41, 5.74) is 1.07. The fourth-order valence-electron chi connectivity index (χ4n) is 0.924. The highest BCUT2D eigenvalue weighted by Gasteiger charge is 1.92. The molecule has 0 saturated carbocycles. The molecule has 1 unspecified atom stereocenters. The van der Waals surface area contributed by atoms with Crippen LogP contribution in [0.2, 0.25) is 0 Å². The summed E-state index contributed by atoms with van der Waals surface area (Å²) in [6.07, 6.45) is 6.75. The van der Waals surface area contributed by atoms with Gasteiger partial charge in [0.2, 0.25) is 0 Å². The van der Waals surface area contributed by atoms with E-state index in [4.69, 9.17) is 0 Å². The molecule has 0 aliphatic heterocycles. The molecule has 0 heterocycles. The van der Waals surface area contributed by atoms with Crippen molar-refractivity contribution in [3.8, 4) is 0 Å². The second-order valence-electron chi connectivity index (χ2n) is 3.86. The Morgan fingerprint density at radius 2 is 1.71 bits per heavy atom. The van der Waals surface area contributed by atoms with E-state index < -0.39 is 0 Å². The first-order valence-corrected chi connectivity index (χ1v) is 7.13. The maximum atomic E-state index is 3.85. The molecule has 0 fully saturated rings. The van der Waals surface area contributed by atoms with E-state index in [0.29, 0.717) is 0 Å². The first kappa shape index (κ1) is 21.6. The van der Waals surface area contributed by atoms with Gasteiger partial charge in [-0.2, -0.15) is 10.2 Å². The Morgan fingerprint density at radius 1 is 1.18 bits per heavy atom. The standard InChI is InChI=1S/C7H16.C6H12N2.C2H6/c1-4-6-7(3)5-2;1-4-6(3)8-7-5-2;1-2/h7H,4-6H2,1-3H3;5H,4H2,1-3H3;1-2H3/b;7-5-,8-6-;. The lowest BCUT2D eigenvalue weighted by molar-refractivity contribution is 0.509. The fraction of sp³-hybridized carbons (Fsp3) is 0.867. The Labute approximate surface area is 110 Å². The topological polar surface area (TPSA) is 24.7 Å². The zero-order valence-electron chi connectivity index (χ0n) is 13.4. The van der Waals surface area contributed by atoms with Crippen LogP contribution in [-0.4, -0.2) is 11.9 Å². The summed E-state index contributed by atoms with van der Waals surface area (Å²) in [5.74, 6) is 0.949. The van der Waals surface area contributed by atoms with Crippen LogP contribution in [0.5, 0.6) is 0 Å². The van der Waals surface area contributed by atoms with Gasteiger partial charge in [0.1, 0.15) is 0 Å². The molecule has 0 radical (unpaired) electrons. The van der Waals surface area contributed by atoms with Gasteiger partial charge >= 0.3 is 0 Å². The van der Waals surface area contributed by atoms with Crippen molar-refractivity contribution in [2.24, 2.45) is 16.1 Å². The van der Waals surface area contributed by atoms with Gasteiger partial charge in [-0.3, -0.25) is 0 Å². The number of hydrogen-bond acceptors (Lipinski definition) is 2. The van der Waals surface area contributed by atoms with Crippen molar-refractivity contribution in [1.29, 1.82) is 0 Å². The molecule has 0 rings (SSSR count). The second-order valence-corrected chi connectivity index (χ2v) is 3.86. The van der Waals surface area contributed by atoms with E-state index in [-0.39, 0.29) is 0 Å². The molecule has 0 aliphatic rings. The first-order valence-electron chi connectivity index (χ1n) is 7.13. The largest absolute Gasteiger partial charge is 0.164 e. The SMILES string of the molecule is C/C=N\N=C(\C)CC.CC.CCCC(C)CC. The van der Waals surface area contributed by atoms with Gasteiger partial charge in [-0.1, -0.05) is 60.8 Å². The lowest BCUT2D eigenvalue weighted by atomic mass is 10.0. The molecule has 2 heteroatoms. The summed E-state index contributed by atoms with van der Waals surface area (Å²) in [6, 6.07) is 0. The summed E-state index contributed by atoms with van der Waals surface area (Å²) in [6.45, 7) is 16.7. The fourth-order valence-corrected chi connectivity index (χ4v) is 0.924. The van der Waals surface area contributed by atoms with Crippen LogP contribution in [0.4, 0.5) is 0 Å². The van der Waals surface area contributed by atoms with Gasteiger partial charge in [-0.05, 0) is 26.2 Å². The van der Waals surface area contributed by atoms with Crippen molar-refractivity contribution in [3.05, 3.63) is 0 Å². The minimum Gasteiger partial charge on any atom is -0.164 e. The van der Waals surface area contributed by atoms with Crippen molar-refractivity contribution >= 4 is 11.9 Å². The average molecular weight is 242 g/mol. The third-order valence-corrected chi connectivity index (χ3v) is 2.33. The number of rotatable bonds is 5. The molecular formula is C15H34N2. The Morgan fingerprint density at radius 3 is 1.94 bits per heavy atom. The Kier molecular flexibility index (Phi) is 26.3. The average Bonchev–Trinajstić information content (AvgIpc) is 2.39. The highest BCUT2D eigenvalue weighted by molar-refractivity contribution is 5.81. The van der Waals surface area contributed by atoms with Crippen LogP contribution >= 0.6 is 0 Å². The van der Waals surface area contributed by atoms with E-state index in [2.05, 4.69) is 37.9 Å². The van der Waals surface area contributed by atoms with Crippen LogP contribution in [0, 0.1) is 5.92 Å². The van der Waals surface area contributed by atoms with Crippen molar-refractivity contribution < 1.29 is 0 Å². The van der Waals surface area contributed by atoms with Crippen LogP contribution < -0.4 is 0 Å².